The second-order valence-corrected chi connectivity index (χ2v) is 10.7. The van der Waals surface area contributed by atoms with E-state index in [1.165, 1.54) is 16.9 Å². The van der Waals surface area contributed by atoms with E-state index in [9.17, 15) is 25.1 Å². The van der Waals surface area contributed by atoms with Crippen molar-refractivity contribution in [3.63, 3.8) is 0 Å². The van der Waals surface area contributed by atoms with Gasteiger partial charge in [0.25, 0.3) is 0 Å². The number of hydrogen-bond acceptors (Lipinski definition) is 11. The van der Waals surface area contributed by atoms with Crippen LogP contribution in [0, 0.1) is 16.7 Å². The van der Waals surface area contributed by atoms with Crippen molar-refractivity contribution in [1.82, 2.24) is 19.9 Å². The molecular formula is C23H32N6O7. The van der Waals surface area contributed by atoms with Gasteiger partial charge in [0.05, 0.1) is 5.69 Å². The largest absolute Gasteiger partial charge is 0.461 e. The zero-order valence-corrected chi connectivity index (χ0v) is 21.1. The Balaban J connectivity index is 1.78. The van der Waals surface area contributed by atoms with Gasteiger partial charge in [-0.05, 0) is 38.3 Å². The van der Waals surface area contributed by atoms with Crippen molar-refractivity contribution in [1.29, 1.82) is 5.26 Å². The van der Waals surface area contributed by atoms with Crippen LogP contribution in [0.1, 0.15) is 47.2 Å². The van der Waals surface area contributed by atoms with E-state index in [0.717, 1.165) is 0 Å². The Morgan fingerprint density at radius 2 is 1.97 bits per heavy atom. The number of aliphatic hydroxyl groups is 2. The molecule has 0 saturated carbocycles. The summed E-state index contributed by atoms with van der Waals surface area (Å²) in [6, 6.07) is 3.86. The smallest absolute Gasteiger partial charge is 0.408 e. The molecule has 3 heterocycles. The van der Waals surface area contributed by atoms with E-state index in [1.54, 1.807) is 47.6 Å². The van der Waals surface area contributed by atoms with Gasteiger partial charge in [-0.2, -0.15) is 10.4 Å². The highest BCUT2D eigenvalue weighted by atomic mass is 16.6. The lowest BCUT2D eigenvalue weighted by Crippen LogP contribution is -2.51. The molecule has 5 N–H and O–H groups in total. The molecule has 13 heteroatoms. The van der Waals surface area contributed by atoms with Crippen LogP contribution in [0.25, 0.3) is 5.52 Å². The normalized spacial score (nSPS) is 25.2. The summed E-state index contributed by atoms with van der Waals surface area (Å²) in [4.78, 5) is 29.1. The van der Waals surface area contributed by atoms with Gasteiger partial charge < -0.3 is 35.5 Å². The molecule has 5 atom stereocenters. The number of nitrogens with two attached hydrogens (primary N) is 1. The van der Waals surface area contributed by atoms with Crippen LogP contribution in [-0.4, -0.2) is 73.4 Å². The molecule has 196 valence electrons. The third-order valence-corrected chi connectivity index (χ3v) is 5.64. The van der Waals surface area contributed by atoms with Crippen LogP contribution in [0.2, 0.25) is 0 Å². The third kappa shape index (κ3) is 5.20. The second kappa shape index (κ2) is 9.53. The van der Waals surface area contributed by atoms with E-state index in [2.05, 4.69) is 15.4 Å². The van der Waals surface area contributed by atoms with E-state index in [4.69, 9.17) is 19.9 Å². The Morgan fingerprint density at radius 1 is 1.31 bits per heavy atom. The van der Waals surface area contributed by atoms with Crippen LogP contribution in [0.4, 0.5) is 10.6 Å². The molecule has 0 spiro atoms. The average Bonchev–Trinajstić information content (AvgIpc) is 3.30. The number of hydrogen-bond donors (Lipinski definition) is 4. The molecular weight excluding hydrogens is 472 g/mol. The first-order valence-electron chi connectivity index (χ1n) is 11.3. The summed E-state index contributed by atoms with van der Waals surface area (Å²) < 4.78 is 17.7. The van der Waals surface area contributed by atoms with Crippen LogP contribution in [-0.2, 0) is 24.6 Å². The van der Waals surface area contributed by atoms with E-state index < -0.39 is 59.6 Å². The lowest BCUT2D eigenvalue weighted by molar-refractivity contribution is -0.155. The van der Waals surface area contributed by atoms with Crippen molar-refractivity contribution in [3.05, 3.63) is 24.2 Å². The Bertz CT molecular complexity index is 1180. The summed E-state index contributed by atoms with van der Waals surface area (Å²) in [5.74, 6) is -0.657. The number of aromatic nitrogens is 3. The Kier molecular flexibility index (Phi) is 7.18. The molecule has 1 aliphatic rings. The molecule has 36 heavy (non-hydrogen) atoms. The summed E-state index contributed by atoms with van der Waals surface area (Å²) in [6.07, 6.45) is -4.14. The number of nitriles is 1. The first-order chi connectivity index (χ1) is 16.6. The van der Waals surface area contributed by atoms with Gasteiger partial charge in [0.1, 0.15) is 54.5 Å². The second-order valence-electron chi connectivity index (χ2n) is 10.7. The van der Waals surface area contributed by atoms with Gasteiger partial charge >= 0.3 is 12.1 Å². The van der Waals surface area contributed by atoms with Gasteiger partial charge in [-0.25, -0.2) is 19.1 Å². The molecule has 0 radical (unpaired) electrons. The quantitative estimate of drug-likeness (QED) is 0.417. The number of amides is 1. The first-order valence-corrected chi connectivity index (χ1v) is 11.3. The number of carbonyl (C=O) groups excluding carboxylic acids is 2. The highest BCUT2D eigenvalue weighted by Gasteiger charge is 2.58. The zero-order chi connectivity index (χ0) is 27.1. The van der Waals surface area contributed by atoms with Gasteiger partial charge in [-0.3, -0.25) is 0 Å². The number of rotatable bonds is 5. The minimum atomic E-state index is -2.03. The number of esters is 1. The number of nitrogens with zero attached hydrogens (tertiary/aromatic N) is 4. The first kappa shape index (κ1) is 27.1. The number of nitrogens with one attached hydrogen (secondary N) is 1. The summed E-state index contributed by atoms with van der Waals surface area (Å²) >= 11 is 0. The third-order valence-electron chi connectivity index (χ3n) is 5.64. The van der Waals surface area contributed by atoms with E-state index in [0.29, 0.717) is 5.52 Å². The zero-order valence-electron chi connectivity index (χ0n) is 21.1. The maximum Gasteiger partial charge on any atom is 0.408 e. The minimum Gasteiger partial charge on any atom is -0.461 e. The summed E-state index contributed by atoms with van der Waals surface area (Å²) in [5, 5.41) is 38.0. The number of anilines is 1. The number of nitrogen functional groups attached to an aromatic ring is 1. The Morgan fingerprint density at radius 3 is 2.56 bits per heavy atom. The van der Waals surface area contributed by atoms with Gasteiger partial charge in [0.2, 0.25) is 5.60 Å². The van der Waals surface area contributed by atoms with Crippen molar-refractivity contribution < 1.29 is 34.0 Å². The molecule has 1 saturated heterocycles. The Labute approximate surface area is 208 Å². The van der Waals surface area contributed by atoms with E-state index in [1.807, 2.05) is 6.07 Å². The molecule has 13 nitrogen and oxygen atoms in total. The fourth-order valence-electron chi connectivity index (χ4n) is 3.85. The summed E-state index contributed by atoms with van der Waals surface area (Å²) in [7, 11) is 0. The summed E-state index contributed by atoms with van der Waals surface area (Å²) in [6.45, 7) is 9.77. The predicted octanol–water partition coefficient (Wildman–Crippen LogP) is 0.634. The van der Waals surface area contributed by atoms with Gasteiger partial charge in [-0.15, -0.1) is 0 Å². The lowest BCUT2D eigenvalue weighted by atomic mass is 9.87. The van der Waals surface area contributed by atoms with Crippen LogP contribution in [0.3, 0.4) is 0 Å². The predicted molar refractivity (Wildman–Crippen MR) is 125 cm³/mol. The molecule has 2 aromatic rings. The molecule has 0 unspecified atom stereocenters. The van der Waals surface area contributed by atoms with Gasteiger partial charge in [0, 0.05) is 0 Å². The van der Waals surface area contributed by atoms with Crippen LogP contribution >= 0.6 is 0 Å². The molecule has 1 aliphatic heterocycles. The molecule has 0 aromatic carbocycles. The molecule has 0 aliphatic carbocycles. The van der Waals surface area contributed by atoms with Gasteiger partial charge in [-0.1, -0.05) is 20.8 Å². The maximum atomic E-state index is 12.9. The van der Waals surface area contributed by atoms with Crippen molar-refractivity contribution >= 4 is 23.4 Å². The van der Waals surface area contributed by atoms with Gasteiger partial charge in [0.15, 0.2) is 5.82 Å². The molecule has 3 rings (SSSR count). The number of carbonyl (C=O) groups is 2. The Hall–Kier alpha value is -3.47. The van der Waals surface area contributed by atoms with Crippen molar-refractivity contribution in [2.45, 2.75) is 77.1 Å². The monoisotopic (exact) mass is 504 g/mol. The van der Waals surface area contributed by atoms with Crippen LogP contribution in [0.5, 0.6) is 0 Å². The number of ether oxygens (including phenoxy) is 3. The molecule has 1 fully saturated rings. The number of fused-ring (bicyclic) bond motifs is 1. The molecule has 0 bridgehead atoms. The number of alkyl carbamates (subject to hydrolysis) is 1. The van der Waals surface area contributed by atoms with E-state index >= 15 is 0 Å². The standard InChI is InChI=1S/C23H32N6O7/c1-21(2,3)16(28-20(33)36-22(4,5)6)19(32)34-9-13-15(30)17(31)23(10-24,35-13)14-8-7-12-18(25)26-11-27-29(12)14/h7-8,11,13,15-17,30-31H,9H2,1-6H3,(H,28,33)(H2,25,26,27)/t13-,15-,16+,17-,23+/m1/s1. The minimum absolute atomic E-state index is 0.119. The van der Waals surface area contributed by atoms with Crippen LogP contribution < -0.4 is 11.1 Å². The SMILES string of the molecule is CC(C)(C)OC(=O)N[C@@H](C(=O)OC[C@H]1O[C@@](C#N)(c2ccc3c(N)ncnn23)[C@H](O)[C@@H]1O)C(C)(C)C. The van der Waals surface area contributed by atoms with Crippen molar-refractivity contribution in [2.75, 3.05) is 12.3 Å². The average molecular weight is 505 g/mol. The fourth-order valence-corrected chi connectivity index (χ4v) is 3.85. The lowest BCUT2D eigenvalue weighted by Gasteiger charge is -2.31. The van der Waals surface area contributed by atoms with E-state index in [-0.39, 0.29) is 11.5 Å². The topological polar surface area (TPSA) is 194 Å². The van der Waals surface area contributed by atoms with Crippen molar-refractivity contribution in [2.24, 2.45) is 5.41 Å². The van der Waals surface area contributed by atoms with Crippen molar-refractivity contribution in [3.8, 4) is 6.07 Å². The molecule has 2 aromatic heterocycles. The molecule has 1 amide bonds. The number of aliphatic hydroxyl groups excluding tert-OH is 2. The highest BCUT2D eigenvalue weighted by molar-refractivity contribution is 5.82. The fraction of sp³-hybridized carbons (Fsp3) is 0.609. The van der Waals surface area contributed by atoms with Crippen LogP contribution in [0.15, 0.2) is 18.5 Å². The summed E-state index contributed by atoms with van der Waals surface area (Å²) in [5.41, 5.74) is 2.81. The maximum absolute atomic E-state index is 12.9. The highest BCUT2D eigenvalue weighted by Crippen LogP contribution is 2.40.